The fourth-order valence-electron chi connectivity index (χ4n) is 2.77. The largest absolute Gasteiger partial charge is 0.480 e. The molecular formula is C13H21N3O2. The monoisotopic (exact) mass is 251 g/mol. The molecule has 5 heteroatoms. The molecule has 1 aromatic heterocycles. The van der Waals surface area contributed by atoms with Gasteiger partial charge in [0.2, 0.25) is 0 Å². The van der Waals surface area contributed by atoms with Crippen LogP contribution in [0.4, 0.5) is 0 Å². The van der Waals surface area contributed by atoms with Crippen LogP contribution in [-0.4, -0.2) is 27.4 Å². The quantitative estimate of drug-likeness (QED) is 0.859. The van der Waals surface area contributed by atoms with Crippen LogP contribution in [0.15, 0.2) is 0 Å². The number of aryl methyl sites for hydroxylation is 1. The van der Waals surface area contributed by atoms with Crippen molar-refractivity contribution in [2.45, 2.75) is 52.1 Å². The number of aromatic nitrogens is 2. The zero-order valence-corrected chi connectivity index (χ0v) is 11.1. The van der Waals surface area contributed by atoms with E-state index >= 15 is 0 Å². The van der Waals surface area contributed by atoms with Crippen LogP contribution in [-0.2, 0) is 11.3 Å². The van der Waals surface area contributed by atoms with Crippen LogP contribution in [0.5, 0.6) is 0 Å². The highest BCUT2D eigenvalue weighted by Crippen LogP contribution is 2.27. The third-order valence-corrected chi connectivity index (χ3v) is 3.63. The van der Waals surface area contributed by atoms with Gasteiger partial charge in [-0.05, 0) is 33.2 Å². The maximum Gasteiger partial charge on any atom is 0.325 e. The third kappa shape index (κ3) is 2.72. The van der Waals surface area contributed by atoms with Gasteiger partial charge in [-0.3, -0.25) is 9.48 Å². The molecule has 100 valence electrons. The normalized spacial score (nSPS) is 20.7. The summed E-state index contributed by atoms with van der Waals surface area (Å²) in [5.74, 6) is -0.846. The molecule has 1 atom stereocenters. The number of carboxylic acid groups (broad SMARTS) is 1. The fraction of sp³-hybridized carbons (Fsp3) is 0.692. The van der Waals surface area contributed by atoms with E-state index in [0.29, 0.717) is 6.04 Å². The Kier molecular flexibility index (Phi) is 4.01. The van der Waals surface area contributed by atoms with Gasteiger partial charge in [0.25, 0.3) is 0 Å². The number of hydrogen-bond donors (Lipinski definition) is 2. The van der Waals surface area contributed by atoms with Gasteiger partial charge in [0.05, 0.1) is 5.69 Å². The Labute approximate surface area is 107 Å². The van der Waals surface area contributed by atoms with Crippen LogP contribution < -0.4 is 5.32 Å². The highest BCUT2D eigenvalue weighted by molar-refractivity contribution is 5.66. The second-order valence-corrected chi connectivity index (χ2v) is 4.99. The molecule has 0 aliphatic carbocycles. The average Bonchev–Trinajstić information content (AvgIpc) is 2.53. The number of hydrogen-bond acceptors (Lipinski definition) is 3. The van der Waals surface area contributed by atoms with E-state index in [1.165, 1.54) is 24.8 Å². The van der Waals surface area contributed by atoms with E-state index in [2.05, 4.69) is 10.4 Å². The molecule has 1 aliphatic heterocycles. The molecule has 0 aromatic carbocycles. The minimum atomic E-state index is -0.846. The summed E-state index contributed by atoms with van der Waals surface area (Å²) in [4.78, 5) is 10.8. The molecule has 0 saturated carbocycles. The van der Waals surface area contributed by atoms with Gasteiger partial charge in [-0.15, -0.1) is 0 Å². The van der Waals surface area contributed by atoms with E-state index in [-0.39, 0.29) is 6.54 Å². The van der Waals surface area contributed by atoms with Crippen LogP contribution in [0.25, 0.3) is 0 Å². The summed E-state index contributed by atoms with van der Waals surface area (Å²) >= 11 is 0. The Morgan fingerprint density at radius 2 is 2.22 bits per heavy atom. The minimum absolute atomic E-state index is 0.0562. The zero-order valence-electron chi connectivity index (χ0n) is 11.1. The first kappa shape index (κ1) is 13.1. The molecule has 1 unspecified atom stereocenters. The van der Waals surface area contributed by atoms with E-state index in [0.717, 1.165) is 24.4 Å². The summed E-state index contributed by atoms with van der Waals surface area (Å²) in [6.45, 7) is 4.91. The lowest BCUT2D eigenvalue weighted by Crippen LogP contribution is -2.21. The lowest BCUT2D eigenvalue weighted by atomic mass is 10.0. The van der Waals surface area contributed by atoms with Gasteiger partial charge in [-0.2, -0.15) is 5.10 Å². The molecule has 0 radical (unpaired) electrons. The molecule has 0 bridgehead atoms. The molecule has 0 spiro atoms. The van der Waals surface area contributed by atoms with E-state index in [1.54, 1.807) is 4.68 Å². The lowest BCUT2D eigenvalue weighted by Gasteiger charge is -2.16. The number of aliphatic carboxylic acids is 1. The van der Waals surface area contributed by atoms with Gasteiger partial charge in [-0.1, -0.05) is 12.8 Å². The van der Waals surface area contributed by atoms with Gasteiger partial charge < -0.3 is 10.4 Å². The average molecular weight is 251 g/mol. The molecule has 2 rings (SSSR count). The molecule has 1 saturated heterocycles. The number of carbonyl (C=O) groups is 1. The first-order valence-electron chi connectivity index (χ1n) is 6.58. The Bertz CT molecular complexity index is 432. The Hall–Kier alpha value is -1.36. The molecule has 1 aromatic rings. The second kappa shape index (κ2) is 5.52. The summed E-state index contributed by atoms with van der Waals surface area (Å²) < 4.78 is 1.60. The Morgan fingerprint density at radius 1 is 1.44 bits per heavy atom. The maximum absolute atomic E-state index is 10.8. The van der Waals surface area contributed by atoms with E-state index in [1.807, 2.05) is 13.8 Å². The van der Waals surface area contributed by atoms with Crippen molar-refractivity contribution >= 4 is 5.97 Å². The number of rotatable bonds is 3. The minimum Gasteiger partial charge on any atom is -0.480 e. The topological polar surface area (TPSA) is 67.2 Å². The maximum atomic E-state index is 10.8. The number of carboxylic acids is 1. The third-order valence-electron chi connectivity index (χ3n) is 3.63. The Balaban J connectivity index is 2.26. The first-order chi connectivity index (χ1) is 8.59. The molecule has 2 heterocycles. The van der Waals surface area contributed by atoms with Crippen LogP contribution in [0.3, 0.4) is 0 Å². The van der Waals surface area contributed by atoms with E-state index < -0.39 is 5.97 Å². The highest BCUT2D eigenvalue weighted by atomic mass is 16.4. The van der Waals surface area contributed by atoms with Crippen molar-refractivity contribution < 1.29 is 9.90 Å². The van der Waals surface area contributed by atoms with Crippen molar-refractivity contribution in [1.82, 2.24) is 15.1 Å². The van der Waals surface area contributed by atoms with Crippen LogP contribution in [0.1, 0.15) is 48.7 Å². The van der Waals surface area contributed by atoms with Crippen molar-refractivity contribution in [3.05, 3.63) is 17.0 Å². The summed E-state index contributed by atoms with van der Waals surface area (Å²) in [6, 6.07) is 0.329. The SMILES string of the molecule is Cc1nn(CC(=O)O)c(C)c1C1CCCCCN1. The molecule has 2 N–H and O–H groups in total. The van der Waals surface area contributed by atoms with Crippen LogP contribution in [0, 0.1) is 13.8 Å². The van der Waals surface area contributed by atoms with Gasteiger partial charge in [0.1, 0.15) is 6.54 Å². The van der Waals surface area contributed by atoms with Crippen molar-refractivity contribution in [3.8, 4) is 0 Å². The van der Waals surface area contributed by atoms with E-state index in [9.17, 15) is 4.79 Å². The molecule has 1 fully saturated rings. The smallest absolute Gasteiger partial charge is 0.325 e. The number of nitrogens with zero attached hydrogens (tertiary/aromatic N) is 2. The predicted molar refractivity (Wildman–Crippen MR) is 68.5 cm³/mol. The molecule has 1 aliphatic rings. The predicted octanol–water partition coefficient (Wildman–Crippen LogP) is 1.79. The van der Waals surface area contributed by atoms with Crippen molar-refractivity contribution in [3.63, 3.8) is 0 Å². The van der Waals surface area contributed by atoms with E-state index in [4.69, 9.17) is 5.11 Å². The highest BCUT2D eigenvalue weighted by Gasteiger charge is 2.22. The summed E-state index contributed by atoms with van der Waals surface area (Å²) in [7, 11) is 0. The van der Waals surface area contributed by atoms with Gasteiger partial charge in [0.15, 0.2) is 0 Å². The fourth-order valence-corrected chi connectivity index (χ4v) is 2.77. The molecule has 18 heavy (non-hydrogen) atoms. The van der Waals surface area contributed by atoms with Gasteiger partial charge in [-0.25, -0.2) is 0 Å². The lowest BCUT2D eigenvalue weighted by molar-refractivity contribution is -0.137. The summed E-state index contributed by atoms with van der Waals surface area (Å²) in [5.41, 5.74) is 3.13. The second-order valence-electron chi connectivity index (χ2n) is 4.99. The zero-order chi connectivity index (χ0) is 13.1. The molecular weight excluding hydrogens is 230 g/mol. The number of nitrogens with one attached hydrogen (secondary N) is 1. The summed E-state index contributed by atoms with van der Waals surface area (Å²) in [6.07, 6.45) is 4.82. The van der Waals surface area contributed by atoms with Crippen molar-refractivity contribution in [1.29, 1.82) is 0 Å². The van der Waals surface area contributed by atoms with Gasteiger partial charge in [0, 0.05) is 17.3 Å². The first-order valence-corrected chi connectivity index (χ1v) is 6.58. The molecule has 5 nitrogen and oxygen atoms in total. The summed E-state index contributed by atoms with van der Waals surface area (Å²) in [5, 5.41) is 16.8. The van der Waals surface area contributed by atoms with Crippen molar-refractivity contribution in [2.24, 2.45) is 0 Å². The van der Waals surface area contributed by atoms with Crippen LogP contribution in [0.2, 0.25) is 0 Å². The standard InChI is InChI=1S/C13H21N3O2/c1-9-13(11-6-4-3-5-7-14-11)10(2)16(15-9)8-12(17)18/h11,14H,3-8H2,1-2H3,(H,17,18). The van der Waals surface area contributed by atoms with Crippen LogP contribution >= 0.6 is 0 Å². The Morgan fingerprint density at radius 3 is 2.94 bits per heavy atom. The molecule has 0 amide bonds. The van der Waals surface area contributed by atoms with Gasteiger partial charge >= 0.3 is 5.97 Å². The van der Waals surface area contributed by atoms with Crippen molar-refractivity contribution in [2.75, 3.05) is 6.54 Å².